The number of amides is 2. The molecule has 7 heteroatoms. The second-order valence-corrected chi connectivity index (χ2v) is 8.75. The fourth-order valence-electron chi connectivity index (χ4n) is 4.03. The molecule has 1 N–H and O–H groups in total. The zero-order chi connectivity index (χ0) is 22.4. The maximum atomic E-state index is 13.4. The SMILES string of the molecule is CCC(C(=O)NC1CCCC1)N(Cc1ccc(F)cc1)C(=O)Cc1c(Cl)cccc1Cl. The lowest BCUT2D eigenvalue weighted by atomic mass is 10.1. The topological polar surface area (TPSA) is 49.4 Å². The molecule has 1 fully saturated rings. The molecule has 4 nitrogen and oxygen atoms in total. The summed E-state index contributed by atoms with van der Waals surface area (Å²) in [5.41, 5.74) is 1.28. The molecular formula is C24H27Cl2FN2O2. The maximum Gasteiger partial charge on any atom is 0.243 e. The van der Waals surface area contributed by atoms with Crippen LogP contribution in [0.2, 0.25) is 10.0 Å². The van der Waals surface area contributed by atoms with Crippen LogP contribution < -0.4 is 5.32 Å². The summed E-state index contributed by atoms with van der Waals surface area (Å²) in [7, 11) is 0. The lowest BCUT2D eigenvalue weighted by molar-refractivity contribution is -0.141. The number of nitrogens with one attached hydrogen (secondary N) is 1. The van der Waals surface area contributed by atoms with Gasteiger partial charge in [-0.3, -0.25) is 9.59 Å². The maximum absolute atomic E-state index is 13.4. The van der Waals surface area contributed by atoms with E-state index in [2.05, 4.69) is 5.32 Å². The van der Waals surface area contributed by atoms with E-state index in [-0.39, 0.29) is 36.6 Å². The van der Waals surface area contributed by atoms with Crippen LogP contribution in [0, 0.1) is 5.82 Å². The van der Waals surface area contributed by atoms with E-state index in [1.165, 1.54) is 12.1 Å². The summed E-state index contributed by atoms with van der Waals surface area (Å²) in [6, 6.07) is 10.6. The Morgan fingerprint density at radius 1 is 1.10 bits per heavy atom. The molecule has 3 rings (SSSR count). The molecule has 31 heavy (non-hydrogen) atoms. The summed E-state index contributed by atoms with van der Waals surface area (Å²) in [5.74, 6) is -0.765. The predicted molar refractivity (Wildman–Crippen MR) is 122 cm³/mol. The van der Waals surface area contributed by atoms with Crippen molar-refractivity contribution in [3.8, 4) is 0 Å². The minimum absolute atomic E-state index is 0.0209. The zero-order valence-corrected chi connectivity index (χ0v) is 19.1. The van der Waals surface area contributed by atoms with Gasteiger partial charge < -0.3 is 10.2 Å². The van der Waals surface area contributed by atoms with Gasteiger partial charge in [-0.25, -0.2) is 4.39 Å². The Morgan fingerprint density at radius 2 is 1.71 bits per heavy atom. The zero-order valence-electron chi connectivity index (χ0n) is 17.5. The first-order valence-electron chi connectivity index (χ1n) is 10.7. The number of carbonyl (C=O) groups excluding carboxylic acids is 2. The molecule has 2 aromatic carbocycles. The number of hydrogen-bond donors (Lipinski definition) is 1. The van der Waals surface area contributed by atoms with Gasteiger partial charge in [-0.1, -0.05) is 61.2 Å². The molecule has 1 unspecified atom stereocenters. The molecule has 1 aliphatic carbocycles. The standard InChI is InChI=1S/C24H27Cl2FN2O2/c1-2-22(24(31)28-18-6-3-4-7-18)29(15-16-10-12-17(27)13-11-16)23(30)14-19-20(25)8-5-9-21(19)26/h5,8-13,18,22H,2-4,6-7,14-15H2,1H3,(H,28,31). The van der Waals surface area contributed by atoms with E-state index in [0.717, 1.165) is 31.2 Å². The molecule has 1 saturated carbocycles. The average molecular weight is 465 g/mol. The van der Waals surface area contributed by atoms with Crippen LogP contribution in [-0.4, -0.2) is 28.8 Å². The normalized spacial score (nSPS) is 15.0. The van der Waals surface area contributed by atoms with Crippen LogP contribution in [0.5, 0.6) is 0 Å². The molecule has 0 spiro atoms. The van der Waals surface area contributed by atoms with Crippen molar-refractivity contribution in [2.75, 3.05) is 0 Å². The van der Waals surface area contributed by atoms with Crippen molar-refractivity contribution in [2.45, 2.75) is 64.1 Å². The van der Waals surface area contributed by atoms with Crippen LogP contribution in [-0.2, 0) is 22.6 Å². The van der Waals surface area contributed by atoms with Crippen LogP contribution in [0.25, 0.3) is 0 Å². The van der Waals surface area contributed by atoms with Crippen molar-refractivity contribution in [2.24, 2.45) is 0 Å². The molecule has 1 atom stereocenters. The Labute approximate surface area is 192 Å². The molecule has 0 radical (unpaired) electrons. The lowest BCUT2D eigenvalue weighted by Gasteiger charge is -2.32. The molecule has 2 amide bonds. The van der Waals surface area contributed by atoms with Crippen molar-refractivity contribution in [3.63, 3.8) is 0 Å². The second kappa shape index (κ2) is 11.0. The van der Waals surface area contributed by atoms with E-state index in [1.807, 2.05) is 6.92 Å². The molecule has 0 saturated heterocycles. The fourth-order valence-corrected chi connectivity index (χ4v) is 4.56. The quantitative estimate of drug-likeness (QED) is 0.557. The third kappa shape index (κ3) is 6.20. The Bertz CT molecular complexity index is 894. The van der Waals surface area contributed by atoms with Crippen LogP contribution in [0.15, 0.2) is 42.5 Å². The third-order valence-corrected chi connectivity index (χ3v) is 6.45. The van der Waals surface area contributed by atoms with Crippen molar-refractivity contribution in [1.29, 1.82) is 0 Å². The second-order valence-electron chi connectivity index (χ2n) is 7.94. The Kier molecular flexibility index (Phi) is 8.33. The number of halogens is 3. The molecule has 0 bridgehead atoms. The van der Waals surface area contributed by atoms with Crippen LogP contribution in [0.1, 0.15) is 50.2 Å². The van der Waals surface area contributed by atoms with E-state index in [0.29, 0.717) is 22.0 Å². The first-order valence-corrected chi connectivity index (χ1v) is 11.4. The van der Waals surface area contributed by atoms with Gasteiger partial charge >= 0.3 is 0 Å². The van der Waals surface area contributed by atoms with Crippen molar-refractivity contribution < 1.29 is 14.0 Å². The van der Waals surface area contributed by atoms with Gasteiger partial charge in [-0.15, -0.1) is 0 Å². The minimum Gasteiger partial charge on any atom is -0.352 e. The van der Waals surface area contributed by atoms with Gasteiger partial charge in [0, 0.05) is 22.6 Å². The summed E-state index contributed by atoms with van der Waals surface area (Å²) >= 11 is 12.5. The molecule has 166 valence electrons. The van der Waals surface area contributed by atoms with E-state index in [9.17, 15) is 14.0 Å². The molecule has 0 aliphatic heterocycles. The van der Waals surface area contributed by atoms with Gasteiger partial charge in [0.05, 0.1) is 6.42 Å². The largest absolute Gasteiger partial charge is 0.352 e. The number of carbonyl (C=O) groups is 2. The van der Waals surface area contributed by atoms with Crippen molar-refractivity contribution >= 4 is 35.0 Å². The van der Waals surface area contributed by atoms with E-state index in [4.69, 9.17) is 23.2 Å². The van der Waals surface area contributed by atoms with Crippen LogP contribution in [0.3, 0.4) is 0 Å². The van der Waals surface area contributed by atoms with Crippen molar-refractivity contribution in [1.82, 2.24) is 10.2 Å². The number of nitrogens with zero attached hydrogens (tertiary/aromatic N) is 1. The molecule has 0 heterocycles. The third-order valence-electron chi connectivity index (χ3n) is 5.74. The number of rotatable bonds is 8. The highest BCUT2D eigenvalue weighted by Gasteiger charge is 2.31. The monoisotopic (exact) mass is 464 g/mol. The molecule has 1 aliphatic rings. The van der Waals surface area contributed by atoms with E-state index >= 15 is 0 Å². The van der Waals surface area contributed by atoms with Gasteiger partial charge in [-0.2, -0.15) is 0 Å². The first kappa shape index (κ1) is 23.6. The van der Waals surface area contributed by atoms with Crippen LogP contribution in [0.4, 0.5) is 4.39 Å². The number of hydrogen-bond acceptors (Lipinski definition) is 2. The van der Waals surface area contributed by atoms with E-state index in [1.54, 1.807) is 35.2 Å². The van der Waals surface area contributed by atoms with Gasteiger partial charge in [0.2, 0.25) is 11.8 Å². The minimum atomic E-state index is -0.639. The lowest BCUT2D eigenvalue weighted by Crippen LogP contribution is -2.51. The predicted octanol–water partition coefficient (Wildman–Crippen LogP) is 5.54. The Morgan fingerprint density at radius 3 is 2.29 bits per heavy atom. The van der Waals surface area contributed by atoms with Gasteiger partial charge in [-0.05, 0) is 54.7 Å². The highest BCUT2D eigenvalue weighted by Crippen LogP contribution is 2.26. The molecule has 0 aromatic heterocycles. The Balaban J connectivity index is 1.85. The summed E-state index contributed by atoms with van der Waals surface area (Å²) in [4.78, 5) is 28.0. The van der Waals surface area contributed by atoms with Crippen LogP contribution >= 0.6 is 23.2 Å². The molecular weight excluding hydrogens is 438 g/mol. The van der Waals surface area contributed by atoms with E-state index < -0.39 is 6.04 Å². The Hall–Kier alpha value is -2.11. The van der Waals surface area contributed by atoms with Gasteiger partial charge in [0.15, 0.2) is 0 Å². The summed E-state index contributed by atoms with van der Waals surface area (Å²) in [6.45, 7) is 2.07. The average Bonchev–Trinajstić information content (AvgIpc) is 3.25. The highest BCUT2D eigenvalue weighted by atomic mass is 35.5. The van der Waals surface area contributed by atoms with Gasteiger partial charge in [0.25, 0.3) is 0 Å². The highest BCUT2D eigenvalue weighted by molar-refractivity contribution is 6.36. The van der Waals surface area contributed by atoms with Crippen molar-refractivity contribution in [3.05, 3.63) is 69.5 Å². The first-order chi connectivity index (χ1) is 14.9. The number of benzene rings is 2. The summed E-state index contributed by atoms with van der Waals surface area (Å²) < 4.78 is 13.4. The molecule has 2 aromatic rings. The van der Waals surface area contributed by atoms with Gasteiger partial charge in [0.1, 0.15) is 11.9 Å². The fraction of sp³-hybridized carbons (Fsp3) is 0.417. The smallest absolute Gasteiger partial charge is 0.243 e. The summed E-state index contributed by atoms with van der Waals surface area (Å²) in [6.07, 6.45) is 4.57. The summed E-state index contributed by atoms with van der Waals surface area (Å²) in [5, 5.41) is 3.92.